The van der Waals surface area contributed by atoms with Gasteiger partial charge in [0.15, 0.2) is 0 Å². The lowest BCUT2D eigenvalue weighted by molar-refractivity contribution is -0.124. The van der Waals surface area contributed by atoms with Crippen molar-refractivity contribution in [1.29, 1.82) is 0 Å². The fourth-order valence-electron chi connectivity index (χ4n) is 3.03. The van der Waals surface area contributed by atoms with Crippen LogP contribution in [-0.4, -0.2) is 19.1 Å². The Balaban J connectivity index is 0.00000225. The van der Waals surface area contributed by atoms with Gasteiger partial charge < -0.3 is 15.8 Å². The van der Waals surface area contributed by atoms with Crippen LogP contribution in [0.5, 0.6) is 5.75 Å². The van der Waals surface area contributed by atoms with Crippen LogP contribution in [0.2, 0.25) is 0 Å². The van der Waals surface area contributed by atoms with Crippen molar-refractivity contribution >= 4 is 24.0 Å². The molecule has 0 radical (unpaired) electrons. The first-order valence-electron chi connectivity index (χ1n) is 8.14. The van der Waals surface area contributed by atoms with Crippen molar-refractivity contribution < 1.29 is 13.9 Å². The molecule has 3 N–H and O–H groups in total. The molecule has 1 amide bonds. The van der Waals surface area contributed by atoms with Gasteiger partial charge in [-0.15, -0.1) is 12.4 Å². The first-order valence-corrected chi connectivity index (χ1v) is 8.14. The maximum absolute atomic E-state index is 13.5. The fraction of sp³-hybridized carbons (Fsp3) is 0.316. The molecule has 0 aliphatic heterocycles. The number of amides is 1. The van der Waals surface area contributed by atoms with E-state index in [0.29, 0.717) is 24.6 Å². The minimum absolute atomic E-state index is 0. The Labute approximate surface area is 153 Å². The monoisotopic (exact) mass is 364 g/mol. The molecule has 0 saturated heterocycles. The molecular weight excluding hydrogens is 343 g/mol. The second-order valence-corrected chi connectivity index (χ2v) is 6.06. The number of nitrogens with two attached hydrogens (primary N) is 1. The summed E-state index contributed by atoms with van der Waals surface area (Å²) in [5.41, 5.74) is 6.21. The molecule has 0 spiro atoms. The highest BCUT2D eigenvalue weighted by molar-refractivity contribution is 6.00. The zero-order chi connectivity index (χ0) is 17.0. The highest BCUT2D eigenvalue weighted by atomic mass is 35.5. The van der Waals surface area contributed by atoms with Gasteiger partial charge in [0.2, 0.25) is 5.91 Å². The lowest BCUT2D eigenvalue weighted by Crippen LogP contribution is -2.46. The number of carbonyl (C=O) groups excluding carboxylic acids is 1. The second kappa shape index (κ2) is 8.32. The molecule has 1 saturated carbocycles. The third kappa shape index (κ3) is 4.11. The molecule has 6 heteroatoms. The Hall–Kier alpha value is -2.11. The molecular formula is C19H22ClFN2O2. The predicted molar refractivity (Wildman–Crippen MR) is 98.8 cm³/mol. The van der Waals surface area contributed by atoms with Crippen molar-refractivity contribution in [3.8, 4) is 5.75 Å². The highest BCUT2D eigenvalue weighted by Gasteiger charge is 2.45. The van der Waals surface area contributed by atoms with Crippen LogP contribution >= 0.6 is 12.4 Å². The molecule has 3 rings (SSSR count). The molecule has 25 heavy (non-hydrogen) atoms. The molecule has 0 atom stereocenters. The molecule has 4 nitrogen and oxygen atoms in total. The van der Waals surface area contributed by atoms with Crippen LogP contribution in [0.15, 0.2) is 48.5 Å². The van der Waals surface area contributed by atoms with Crippen molar-refractivity contribution in [2.45, 2.75) is 24.7 Å². The maximum Gasteiger partial charge on any atom is 0.235 e. The molecule has 0 unspecified atom stereocenters. The van der Waals surface area contributed by atoms with Gasteiger partial charge in [-0.25, -0.2) is 4.39 Å². The summed E-state index contributed by atoms with van der Waals surface area (Å²) in [5.74, 6) is 0.310. The Bertz CT molecular complexity index is 718. The molecule has 1 fully saturated rings. The van der Waals surface area contributed by atoms with Crippen LogP contribution in [0.25, 0.3) is 0 Å². The van der Waals surface area contributed by atoms with Crippen molar-refractivity contribution in [1.82, 2.24) is 0 Å². The zero-order valence-corrected chi connectivity index (χ0v) is 14.7. The number of nitrogens with one attached hydrogen (secondary N) is 1. The van der Waals surface area contributed by atoms with Gasteiger partial charge in [-0.05, 0) is 54.8 Å². The van der Waals surface area contributed by atoms with Crippen molar-refractivity contribution in [2.75, 3.05) is 18.5 Å². The standard InChI is InChI=1S/C19H21FN2O2.ClH/c20-15-4-1-3-14(13-15)19(9-2-10-19)18(23)22-16-5-7-17(8-6-16)24-12-11-21;/h1,3-8,13H,2,9-12,21H2,(H,22,23);1H. The Morgan fingerprint density at radius 1 is 1.20 bits per heavy atom. The van der Waals surface area contributed by atoms with E-state index in [1.807, 2.05) is 6.07 Å². The first-order chi connectivity index (χ1) is 11.6. The summed E-state index contributed by atoms with van der Waals surface area (Å²) in [7, 11) is 0. The normalized spacial score (nSPS) is 14.8. The molecule has 0 heterocycles. The molecule has 134 valence electrons. The van der Waals surface area contributed by atoms with Crippen molar-refractivity contribution in [3.63, 3.8) is 0 Å². The van der Waals surface area contributed by atoms with E-state index in [2.05, 4.69) is 5.32 Å². The Morgan fingerprint density at radius 3 is 2.48 bits per heavy atom. The number of anilines is 1. The maximum atomic E-state index is 13.5. The molecule has 0 bridgehead atoms. The third-order valence-corrected chi connectivity index (χ3v) is 4.52. The van der Waals surface area contributed by atoms with E-state index in [1.165, 1.54) is 12.1 Å². The zero-order valence-electron chi connectivity index (χ0n) is 13.8. The van der Waals surface area contributed by atoms with Gasteiger partial charge in [-0.2, -0.15) is 0 Å². The van der Waals surface area contributed by atoms with Gasteiger partial charge >= 0.3 is 0 Å². The van der Waals surface area contributed by atoms with Crippen LogP contribution in [-0.2, 0) is 10.2 Å². The fourth-order valence-corrected chi connectivity index (χ4v) is 3.03. The summed E-state index contributed by atoms with van der Waals surface area (Å²) in [6.07, 6.45) is 2.44. The van der Waals surface area contributed by atoms with E-state index >= 15 is 0 Å². The van der Waals surface area contributed by atoms with E-state index in [4.69, 9.17) is 10.5 Å². The third-order valence-electron chi connectivity index (χ3n) is 4.52. The van der Waals surface area contributed by atoms with Gasteiger partial charge in [-0.3, -0.25) is 4.79 Å². The summed E-state index contributed by atoms with van der Waals surface area (Å²) in [5, 5.41) is 2.94. The van der Waals surface area contributed by atoms with Gasteiger partial charge in [-0.1, -0.05) is 18.6 Å². The predicted octanol–water partition coefficient (Wildman–Crippen LogP) is 3.65. The van der Waals surface area contributed by atoms with E-state index in [1.54, 1.807) is 30.3 Å². The second-order valence-electron chi connectivity index (χ2n) is 6.06. The highest BCUT2D eigenvalue weighted by Crippen LogP contribution is 2.44. The molecule has 1 aliphatic carbocycles. The SMILES string of the molecule is Cl.NCCOc1ccc(NC(=O)C2(c3cccc(F)c3)CCC2)cc1. The number of hydrogen-bond acceptors (Lipinski definition) is 3. The van der Waals surface area contributed by atoms with E-state index in [0.717, 1.165) is 24.8 Å². The van der Waals surface area contributed by atoms with E-state index in [9.17, 15) is 9.18 Å². The summed E-state index contributed by atoms with van der Waals surface area (Å²) in [4.78, 5) is 12.8. The minimum Gasteiger partial charge on any atom is -0.492 e. The topological polar surface area (TPSA) is 64.3 Å². The number of halogens is 2. The Morgan fingerprint density at radius 2 is 1.92 bits per heavy atom. The van der Waals surface area contributed by atoms with Crippen LogP contribution < -0.4 is 15.8 Å². The average Bonchev–Trinajstić information content (AvgIpc) is 2.53. The quantitative estimate of drug-likeness (QED) is 0.822. The van der Waals surface area contributed by atoms with E-state index < -0.39 is 5.41 Å². The number of carbonyl (C=O) groups is 1. The number of benzene rings is 2. The minimum atomic E-state index is -0.628. The summed E-state index contributed by atoms with van der Waals surface area (Å²) < 4.78 is 19.0. The molecule has 2 aromatic carbocycles. The summed E-state index contributed by atoms with van der Waals surface area (Å²) >= 11 is 0. The van der Waals surface area contributed by atoms with Crippen LogP contribution in [0.4, 0.5) is 10.1 Å². The van der Waals surface area contributed by atoms with Crippen molar-refractivity contribution in [2.24, 2.45) is 5.73 Å². The van der Waals surface area contributed by atoms with Crippen LogP contribution in [0, 0.1) is 5.82 Å². The van der Waals surface area contributed by atoms with Gasteiger partial charge in [0.25, 0.3) is 0 Å². The average molecular weight is 365 g/mol. The largest absolute Gasteiger partial charge is 0.492 e. The molecule has 2 aromatic rings. The van der Waals surface area contributed by atoms with E-state index in [-0.39, 0.29) is 24.1 Å². The molecule has 0 aromatic heterocycles. The number of ether oxygens (including phenoxy) is 1. The lowest BCUT2D eigenvalue weighted by Gasteiger charge is -2.40. The lowest BCUT2D eigenvalue weighted by atomic mass is 9.63. The number of rotatable bonds is 6. The van der Waals surface area contributed by atoms with Crippen molar-refractivity contribution in [3.05, 3.63) is 59.9 Å². The first kappa shape index (κ1) is 19.2. The summed E-state index contributed by atoms with van der Waals surface area (Å²) in [6, 6.07) is 13.5. The smallest absolute Gasteiger partial charge is 0.235 e. The van der Waals surface area contributed by atoms with Crippen LogP contribution in [0.3, 0.4) is 0 Å². The van der Waals surface area contributed by atoms with Gasteiger partial charge in [0.05, 0.1) is 5.41 Å². The Kier molecular flexibility index (Phi) is 6.39. The summed E-state index contributed by atoms with van der Waals surface area (Å²) in [6.45, 7) is 0.906. The van der Waals surface area contributed by atoms with Gasteiger partial charge in [0.1, 0.15) is 18.2 Å². The molecule has 1 aliphatic rings. The number of hydrogen-bond donors (Lipinski definition) is 2. The van der Waals surface area contributed by atoms with Crippen LogP contribution in [0.1, 0.15) is 24.8 Å². The van der Waals surface area contributed by atoms with Gasteiger partial charge in [0, 0.05) is 12.2 Å².